The molecule has 3 rings (SSSR count). The van der Waals surface area contributed by atoms with Crippen LogP contribution in [0.5, 0.6) is 0 Å². The van der Waals surface area contributed by atoms with Gasteiger partial charge in [0.25, 0.3) is 0 Å². The Morgan fingerprint density at radius 3 is 2.67 bits per heavy atom. The summed E-state index contributed by atoms with van der Waals surface area (Å²) in [5.41, 5.74) is 1.82. The van der Waals surface area contributed by atoms with E-state index in [0.717, 1.165) is 22.0 Å². The van der Waals surface area contributed by atoms with Crippen LogP contribution in [0, 0.1) is 6.92 Å². The predicted molar refractivity (Wildman–Crippen MR) is 85.6 cm³/mol. The lowest BCUT2D eigenvalue weighted by molar-refractivity contribution is 0.262. The smallest absolute Gasteiger partial charge is 0.307 e. The molecule has 0 aliphatic carbocycles. The molecule has 0 aliphatic rings. The molecule has 0 atom stereocenters. The number of hydrogen-bond acceptors (Lipinski definition) is 2. The molecule has 0 fully saturated rings. The van der Waals surface area contributed by atoms with Crippen LogP contribution in [0.25, 0.3) is 10.8 Å². The van der Waals surface area contributed by atoms with Gasteiger partial charge in [-0.05, 0) is 36.1 Å². The van der Waals surface area contributed by atoms with E-state index in [4.69, 9.17) is 0 Å². The van der Waals surface area contributed by atoms with Crippen molar-refractivity contribution in [3.05, 3.63) is 66.4 Å². The van der Waals surface area contributed by atoms with Crippen molar-refractivity contribution in [2.45, 2.75) is 6.92 Å². The molecule has 0 radical (unpaired) electrons. The van der Waals surface area contributed by atoms with Crippen LogP contribution in [-0.4, -0.2) is 11.0 Å². The zero-order valence-electron chi connectivity index (χ0n) is 11.6. The number of carbonyl (C=O) groups is 1. The van der Waals surface area contributed by atoms with E-state index in [0.29, 0.717) is 5.82 Å². The number of fused-ring (bicyclic) bond motifs is 1. The third kappa shape index (κ3) is 3.00. The third-order valence-electron chi connectivity index (χ3n) is 3.19. The monoisotopic (exact) mass is 277 g/mol. The molecule has 2 aromatic carbocycles. The van der Waals surface area contributed by atoms with Crippen molar-refractivity contribution in [2.75, 3.05) is 10.6 Å². The van der Waals surface area contributed by atoms with Crippen LogP contribution in [0.15, 0.2) is 60.8 Å². The van der Waals surface area contributed by atoms with E-state index >= 15 is 0 Å². The molecule has 104 valence electrons. The Morgan fingerprint density at radius 1 is 1.00 bits per heavy atom. The molecule has 4 nitrogen and oxygen atoms in total. The first-order chi connectivity index (χ1) is 10.2. The number of benzene rings is 2. The molecule has 4 heteroatoms. The van der Waals surface area contributed by atoms with Crippen LogP contribution >= 0.6 is 0 Å². The second-order valence-electron chi connectivity index (χ2n) is 4.82. The van der Waals surface area contributed by atoms with Gasteiger partial charge >= 0.3 is 6.03 Å². The Labute approximate surface area is 122 Å². The number of nitrogens with one attached hydrogen (secondary N) is 2. The Hall–Kier alpha value is -2.88. The Kier molecular flexibility index (Phi) is 3.51. The van der Waals surface area contributed by atoms with Crippen molar-refractivity contribution in [1.29, 1.82) is 0 Å². The summed E-state index contributed by atoms with van der Waals surface area (Å²) in [6.07, 6.45) is 1.67. The summed E-state index contributed by atoms with van der Waals surface area (Å²) >= 11 is 0. The van der Waals surface area contributed by atoms with E-state index in [2.05, 4.69) is 15.6 Å². The van der Waals surface area contributed by atoms with Crippen molar-refractivity contribution in [3.8, 4) is 0 Å². The lowest BCUT2D eigenvalue weighted by atomic mass is 10.1. The molecule has 0 unspecified atom stereocenters. The van der Waals surface area contributed by atoms with Crippen LogP contribution < -0.4 is 10.6 Å². The predicted octanol–water partition coefficient (Wildman–Crippen LogP) is 4.19. The summed E-state index contributed by atoms with van der Waals surface area (Å²) in [5.74, 6) is 0.535. The van der Waals surface area contributed by atoms with Crippen LogP contribution in [0.1, 0.15) is 5.56 Å². The maximum atomic E-state index is 12.1. The second kappa shape index (κ2) is 5.63. The minimum absolute atomic E-state index is 0.301. The molecule has 21 heavy (non-hydrogen) atoms. The van der Waals surface area contributed by atoms with Gasteiger partial charge < -0.3 is 5.32 Å². The highest BCUT2D eigenvalue weighted by atomic mass is 16.2. The van der Waals surface area contributed by atoms with Crippen LogP contribution in [0.2, 0.25) is 0 Å². The fourth-order valence-corrected chi connectivity index (χ4v) is 2.21. The summed E-state index contributed by atoms with van der Waals surface area (Å²) in [5, 5.41) is 7.69. The molecule has 0 saturated heterocycles. The standard InChI is InChI=1S/C17H15N3O/c1-12-9-10-18-16(11-12)20-17(21)19-15-8-4-6-13-5-2-3-7-14(13)15/h2-11H,1H3,(H2,18,19,20,21). The van der Waals surface area contributed by atoms with Gasteiger partial charge in [0.2, 0.25) is 0 Å². The van der Waals surface area contributed by atoms with E-state index in [1.165, 1.54) is 0 Å². The van der Waals surface area contributed by atoms with Gasteiger partial charge in [0, 0.05) is 11.6 Å². The largest absolute Gasteiger partial charge is 0.324 e. The normalized spacial score (nSPS) is 10.3. The highest BCUT2D eigenvalue weighted by molar-refractivity contribution is 6.05. The molecule has 0 aliphatic heterocycles. The highest BCUT2D eigenvalue weighted by Gasteiger charge is 2.06. The van der Waals surface area contributed by atoms with E-state index < -0.39 is 0 Å². The molecule has 0 bridgehead atoms. The summed E-state index contributed by atoms with van der Waals surface area (Å²) in [4.78, 5) is 16.2. The summed E-state index contributed by atoms with van der Waals surface area (Å²) < 4.78 is 0. The number of urea groups is 1. The summed E-state index contributed by atoms with van der Waals surface area (Å²) in [7, 11) is 0. The average Bonchev–Trinajstić information content (AvgIpc) is 2.47. The molecule has 2 amide bonds. The number of carbonyl (C=O) groups excluding carboxylic acids is 1. The van der Waals surface area contributed by atoms with E-state index in [1.807, 2.05) is 61.5 Å². The Bertz CT molecular complexity index is 793. The number of rotatable bonds is 2. The topological polar surface area (TPSA) is 54.0 Å². The van der Waals surface area contributed by atoms with Crippen molar-refractivity contribution in [3.63, 3.8) is 0 Å². The van der Waals surface area contributed by atoms with Gasteiger partial charge in [0.1, 0.15) is 5.82 Å². The maximum absolute atomic E-state index is 12.1. The van der Waals surface area contributed by atoms with Gasteiger partial charge in [-0.3, -0.25) is 5.32 Å². The first kappa shape index (κ1) is 13.1. The van der Waals surface area contributed by atoms with Crippen molar-refractivity contribution in [2.24, 2.45) is 0 Å². The van der Waals surface area contributed by atoms with Gasteiger partial charge in [0.05, 0.1) is 5.69 Å². The Balaban J connectivity index is 1.80. The average molecular weight is 277 g/mol. The molecule has 1 heterocycles. The van der Waals surface area contributed by atoms with Crippen LogP contribution in [0.4, 0.5) is 16.3 Å². The first-order valence-corrected chi connectivity index (χ1v) is 6.71. The zero-order chi connectivity index (χ0) is 14.7. The lowest BCUT2D eigenvalue weighted by Crippen LogP contribution is -2.20. The van der Waals surface area contributed by atoms with E-state index in [-0.39, 0.29) is 6.03 Å². The number of aryl methyl sites for hydroxylation is 1. The molecule has 2 N–H and O–H groups in total. The van der Waals surface area contributed by atoms with Crippen molar-refractivity contribution in [1.82, 2.24) is 4.98 Å². The van der Waals surface area contributed by atoms with Gasteiger partial charge in [-0.2, -0.15) is 0 Å². The fourth-order valence-electron chi connectivity index (χ4n) is 2.21. The summed E-state index contributed by atoms with van der Waals surface area (Å²) in [6.45, 7) is 1.95. The van der Waals surface area contributed by atoms with Crippen molar-refractivity contribution < 1.29 is 4.79 Å². The molecular weight excluding hydrogens is 262 g/mol. The highest BCUT2D eigenvalue weighted by Crippen LogP contribution is 2.23. The molecule has 0 saturated carbocycles. The summed E-state index contributed by atoms with van der Waals surface area (Å²) in [6, 6.07) is 17.1. The SMILES string of the molecule is Cc1ccnc(NC(=O)Nc2cccc3ccccc23)c1. The number of pyridine rings is 1. The quantitative estimate of drug-likeness (QED) is 0.738. The van der Waals surface area contributed by atoms with Crippen LogP contribution in [-0.2, 0) is 0 Å². The lowest BCUT2D eigenvalue weighted by Gasteiger charge is -2.10. The van der Waals surface area contributed by atoms with Gasteiger partial charge in [0.15, 0.2) is 0 Å². The van der Waals surface area contributed by atoms with Gasteiger partial charge in [-0.1, -0.05) is 36.4 Å². The maximum Gasteiger partial charge on any atom is 0.324 e. The van der Waals surface area contributed by atoms with E-state index in [1.54, 1.807) is 6.20 Å². The third-order valence-corrected chi connectivity index (χ3v) is 3.19. The number of anilines is 2. The zero-order valence-corrected chi connectivity index (χ0v) is 11.6. The second-order valence-corrected chi connectivity index (χ2v) is 4.82. The molecule has 0 spiro atoms. The van der Waals surface area contributed by atoms with Gasteiger partial charge in [-0.15, -0.1) is 0 Å². The number of aromatic nitrogens is 1. The number of amides is 2. The van der Waals surface area contributed by atoms with Gasteiger partial charge in [-0.25, -0.2) is 9.78 Å². The fraction of sp³-hybridized carbons (Fsp3) is 0.0588. The number of nitrogens with zero attached hydrogens (tertiary/aromatic N) is 1. The minimum Gasteiger partial charge on any atom is -0.307 e. The molecule has 3 aromatic rings. The Morgan fingerprint density at radius 2 is 1.81 bits per heavy atom. The molecular formula is C17H15N3O. The first-order valence-electron chi connectivity index (χ1n) is 6.71. The minimum atomic E-state index is -0.301. The van der Waals surface area contributed by atoms with Crippen molar-refractivity contribution >= 4 is 28.3 Å². The van der Waals surface area contributed by atoms with Crippen LogP contribution in [0.3, 0.4) is 0 Å². The number of hydrogen-bond donors (Lipinski definition) is 2. The van der Waals surface area contributed by atoms with E-state index in [9.17, 15) is 4.79 Å². The molecule has 1 aromatic heterocycles.